The number of carbonyl (C=O) groups excluding carboxylic acids is 2. The standard InChI is InChI=1S/C48H68Cl2O17/c1-10-27-19-23(4)31(53)15-13-12-14-28(21-62-46-30(20-51)36(54)42(26(7)63-46)65-45(61)33-29(11-2)34(49)38(56)35(50)37(33)55)44(60)64-32(25(6)52)17-16-22(3)18-24(5)41(27)66-47-40(58)39(57)43(59)48(8,9)67-47/h12-14,16,18-19,25-27,30-32,36,39-43,46-47,51-59H,10-11,15,17,20-21H2,1-9H3/t25-,26-,27+,30+,31+,32+,36-,39-,40+,41+,42-,43+,46-,47-/m1/s1. The van der Waals surface area contributed by atoms with Crippen LogP contribution in [0, 0.1) is 11.8 Å². The Balaban J connectivity index is 1.60. The molecule has 14 atom stereocenters. The molecule has 0 bridgehead atoms. The zero-order chi connectivity index (χ0) is 50.2. The molecule has 0 amide bonds. The normalized spacial score (nSPS) is 33.0. The summed E-state index contributed by atoms with van der Waals surface area (Å²) in [5.41, 5.74) is 0.303. The molecule has 0 aliphatic carbocycles. The van der Waals surface area contributed by atoms with Crippen LogP contribution < -0.4 is 0 Å². The van der Waals surface area contributed by atoms with Crippen molar-refractivity contribution in [3.05, 3.63) is 79.9 Å². The van der Waals surface area contributed by atoms with Gasteiger partial charge in [0, 0.05) is 12.3 Å². The molecule has 0 aromatic heterocycles. The number of aromatic hydroxyl groups is 2. The Kier molecular flexibility index (Phi) is 20.5. The lowest BCUT2D eigenvalue weighted by atomic mass is 9.88. The van der Waals surface area contributed by atoms with E-state index in [1.54, 1.807) is 46.8 Å². The van der Waals surface area contributed by atoms with Crippen molar-refractivity contribution in [1.82, 2.24) is 0 Å². The maximum atomic E-state index is 13.9. The van der Waals surface area contributed by atoms with Gasteiger partial charge in [0.2, 0.25) is 0 Å². The fourth-order valence-corrected chi connectivity index (χ4v) is 8.75. The third-order valence-corrected chi connectivity index (χ3v) is 13.2. The monoisotopic (exact) mass is 986 g/mol. The van der Waals surface area contributed by atoms with Crippen LogP contribution >= 0.6 is 23.2 Å². The van der Waals surface area contributed by atoms with Gasteiger partial charge in [0.25, 0.3) is 0 Å². The molecule has 1 aromatic rings. The molecular weight excluding hydrogens is 919 g/mol. The summed E-state index contributed by atoms with van der Waals surface area (Å²) in [5.74, 6) is -5.00. The van der Waals surface area contributed by atoms with Crippen LogP contribution in [0.5, 0.6) is 11.5 Å². The van der Waals surface area contributed by atoms with Crippen LogP contribution in [-0.2, 0) is 39.6 Å². The summed E-state index contributed by atoms with van der Waals surface area (Å²) in [6, 6.07) is 0. The predicted molar refractivity (Wildman–Crippen MR) is 246 cm³/mol. The zero-order valence-electron chi connectivity index (χ0n) is 39.3. The third kappa shape index (κ3) is 13.5. The predicted octanol–water partition coefficient (Wildman–Crippen LogP) is 4.62. The average molecular weight is 988 g/mol. The lowest BCUT2D eigenvalue weighted by Crippen LogP contribution is -2.63. The second-order valence-electron chi connectivity index (χ2n) is 17.9. The van der Waals surface area contributed by atoms with Crippen LogP contribution in [0.3, 0.4) is 0 Å². The molecule has 9 N–H and O–H groups in total. The van der Waals surface area contributed by atoms with Gasteiger partial charge in [-0.15, -0.1) is 0 Å². The number of aliphatic hydroxyl groups excluding tert-OH is 7. The van der Waals surface area contributed by atoms with Crippen molar-refractivity contribution in [2.45, 2.75) is 167 Å². The second kappa shape index (κ2) is 24.4. The molecule has 0 saturated carbocycles. The van der Waals surface area contributed by atoms with Gasteiger partial charge in [0.1, 0.15) is 41.1 Å². The fraction of sp³-hybridized carbons (Fsp3) is 0.625. The number of aliphatic hydroxyl groups is 7. The molecule has 3 heterocycles. The van der Waals surface area contributed by atoms with E-state index in [1.807, 2.05) is 26.0 Å². The van der Waals surface area contributed by atoms with Crippen LogP contribution in [0.4, 0.5) is 0 Å². The molecule has 19 heteroatoms. The van der Waals surface area contributed by atoms with Crippen molar-refractivity contribution in [3.8, 4) is 11.5 Å². The van der Waals surface area contributed by atoms with Gasteiger partial charge in [-0.25, -0.2) is 9.59 Å². The van der Waals surface area contributed by atoms with E-state index < -0.39 is 132 Å². The lowest BCUT2D eigenvalue weighted by Gasteiger charge is -2.46. The van der Waals surface area contributed by atoms with Crippen molar-refractivity contribution in [2.75, 3.05) is 13.2 Å². The topological polar surface area (TPSA) is 272 Å². The van der Waals surface area contributed by atoms with Gasteiger partial charge in [0.05, 0.1) is 59.7 Å². The van der Waals surface area contributed by atoms with E-state index in [1.165, 1.54) is 26.0 Å². The number of halogens is 2. The van der Waals surface area contributed by atoms with Crippen molar-refractivity contribution in [1.29, 1.82) is 0 Å². The minimum absolute atomic E-state index is 0.0448. The van der Waals surface area contributed by atoms with Crippen molar-refractivity contribution >= 4 is 35.1 Å². The number of esters is 2. The van der Waals surface area contributed by atoms with Crippen LogP contribution in [-0.4, -0.2) is 150 Å². The Morgan fingerprint density at radius 2 is 1.63 bits per heavy atom. The van der Waals surface area contributed by atoms with Gasteiger partial charge in [0.15, 0.2) is 30.2 Å². The van der Waals surface area contributed by atoms with E-state index in [0.717, 1.165) is 0 Å². The lowest BCUT2D eigenvalue weighted by molar-refractivity contribution is -0.331. The second-order valence-corrected chi connectivity index (χ2v) is 18.7. The Bertz CT molecular complexity index is 2050. The van der Waals surface area contributed by atoms with Crippen LogP contribution in [0.1, 0.15) is 97.5 Å². The molecule has 1 aromatic carbocycles. The first-order valence-electron chi connectivity index (χ1n) is 22.4. The van der Waals surface area contributed by atoms with Gasteiger partial charge >= 0.3 is 11.9 Å². The fourth-order valence-electron chi connectivity index (χ4n) is 8.19. The number of rotatable bonds is 11. The molecule has 17 nitrogen and oxygen atoms in total. The molecule has 67 heavy (non-hydrogen) atoms. The van der Waals surface area contributed by atoms with Crippen LogP contribution in [0.15, 0.2) is 58.7 Å². The number of allylic oxidation sites excluding steroid dienone is 4. The summed E-state index contributed by atoms with van der Waals surface area (Å²) in [4.78, 5) is 27.3. The first kappa shape index (κ1) is 56.2. The maximum absolute atomic E-state index is 13.9. The summed E-state index contributed by atoms with van der Waals surface area (Å²) in [6.07, 6.45) is -4.37. The van der Waals surface area contributed by atoms with E-state index in [2.05, 4.69) is 0 Å². The molecule has 376 valence electrons. The SMILES string of the molecule is CCc1c(Cl)c(O)c(Cl)c(O)c1C(=O)O[C@H]1[C@H](O)[C@H](CO)[C@H](OCC2=CC=CC[C@H](O)C(C)=C[C@H](CC)[C@@H](O[C@@H]3OC(C)(C)[C@@H](O)[C@H](O)[C@@H]3O)C(C)=CC(C)=CC[C@@H]([C@@H](C)O)OC2=O)O[C@@H]1C. The number of cyclic esters (lactones) is 1. The first-order chi connectivity index (χ1) is 31.4. The Morgan fingerprint density at radius 1 is 0.955 bits per heavy atom. The van der Waals surface area contributed by atoms with Crippen molar-refractivity contribution < 1.29 is 84.0 Å². The van der Waals surface area contributed by atoms with Gasteiger partial charge < -0.3 is 74.4 Å². The molecule has 3 aliphatic heterocycles. The number of phenolic OH excluding ortho intramolecular Hbond substituents is 2. The van der Waals surface area contributed by atoms with Gasteiger partial charge in [-0.3, -0.25) is 0 Å². The first-order valence-corrected chi connectivity index (χ1v) is 23.2. The minimum atomic E-state index is -1.59. The summed E-state index contributed by atoms with van der Waals surface area (Å²) >= 11 is 12.2. The molecule has 0 radical (unpaired) electrons. The maximum Gasteiger partial charge on any atom is 0.342 e. The van der Waals surface area contributed by atoms with Crippen LogP contribution in [0.25, 0.3) is 0 Å². The highest BCUT2D eigenvalue weighted by atomic mass is 35.5. The number of phenols is 2. The summed E-state index contributed by atoms with van der Waals surface area (Å²) < 4.78 is 35.8. The van der Waals surface area contributed by atoms with Gasteiger partial charge in [-0.2, -0.15) is 0 Å². The Labute approximate surface area is 401 Å². The average Bonchev–Trinajstić information content (AvgIpc) is 3.27. The highest BCUT2D eigenvalue weighted by Gasteiger charge is 2.50. The minimum Gasteiger partial charge on any atom is -0.505 e. The highest BCUT2D eigenvalue weighted by molar-refractivity contribution is 6.39. The molecule has 2 fully saturated rings. The van der Waals surface area contributed by atoms with E-state index >= 15 is 0 Å². The summed E-state index contributed by atoms with van der Waals surface area (Å²) in [6.45, 7) is 13.8. The molecule has 0 unspecified atom stereocenters. The smallest absolute Gasteiger partial charge is 0.342 e. The van der Waals surface area contributed by atoms with Crippen LogP contribution in [0.2, 0.25) is 10.0 Å². The number of ether oxygens (including phenoxy) is 6. The molecule has 3 aliphatic rings. The largest absolute Gasteiger partial charge is 0.505 e. The molecular formula is C48H68Cl2O17. The summed E-state index contributed by atoms with van der Waals surface area (Å²) in [5, 5.41) is 96.0. The summed E-state index contributed by atoms with van der Waals surface area (Å²) in [7, 11) is 0. The quantitative estimate of drug-likeness (QED) is 0.108. The molecule has 4 rings (SSSR count). The van der Waals surface area contributed by atoms with E-state index in [-0.39, 0.29) is 41.3 Å². The van der Waals surface area contributed by atoms with E-state index in [4.69, 9.17) is 51.6 Å². The van der Waals surface area contributed by atoms with E-state index in [0.29, 0.717) is 23.1 Å². The third-order valence-electron chi connectivity index (χ3n) is 12.4. The zero-order valence-corrected chi connectivity index (χ0v) is 40.8. The number of hydrogen-bond acceptors (Lipinski definition) is 17. The number of hydrogen-bond donors (Lipinski definition) is 9. The van der Waals surface area contributed by atoms with Gasteiger partial charge in [-0.05, 0) is 90.5 Å². The Morgan fingerprint density at radius 3 is 2.24 bits per heavy atom. The van der Waals surface area contributed by atoms with E-state index in [9.17, 15) is 55.5 Å². The number of benzene rings is 1. The van der Waals surface area contributed by atoms with Crippen molar-refractivity contribution in [3.63, 3.8) is 0 Å². The number of carbonyl (C=O) groups is 2. The molecule has 0 spiro atoms. The molecule has 2 saturated heterocycles. The van der Waals surface area contributed by atoms with Crippen molar-refractivity contribution in [2.24, 2.45) is 11.8 Å². The van der Waals surface area contributed by atoms with Gasteiger partial charge in [-0.1, -0.05) is 73.0 Å². The highest BCUT2D eigenvalue weighted by Crippen LogP contribution is 2.45. The Hall–Kier alpha value is -3.40.